The molecule has 3 amide bonds. The highest BCUT2D eigenvalue weighted by Gasteiger charge is 2.54. The second-order valence-electron chi connectivity index (χ2n) is 6.52. The maximum atomic E-state index is 12.8. The molecule has 23 heavy (non-hydrogen) atoms. The topological polar surface area (TPSA) is 58.6 Å². The van der Waals surface area contributed by atoms with Gasteiger partial charge in [0.25, 0.3) is 5.91 Å². The first kappa shape index (κ1) is 15.8. The molecule has 1 aliphatic carbocycles. The molecule has 1 aliphatic heterocycles. The average Bonchev–Trinajstić information content (AvgIpc) is 2.80. The molecule has 1 aromatic rings. The molecule has 0 aromatic heterocycles. The lowest BCUT2D eigenvalue weighted by molar-refractivity contribution is -0.134. The van der Waals surface area contributed by atoms with Crippen LogP contribution in [0.25, 0.3) is 0 Å². The minimum Gasteiger partial charge on any atom is -0.494 e. The van der Waals surface area contributed by atoms with Crippen LogP contribution in [0.15, 0.2) is 30.3 Å². The second-order valence-corrected chi connectivity index (χ2v) is 6.52. The van der Waals surface area contributed by atoms with Crippen molar-refractivity contribution < 1.29 is 14.3 Å². The van der Waals surface area contributed by atoms with Crippen LogP contribution in [-0.2, 0) is 4.79 Å². The van der Waals surface area contributed by atoms with E-state index in [1.54, 1.807) is 0 Å². The zero-order chi connectivity index (χ0) is 16.3. The first-order valence-corrected chi connectivity index (χ1v) is 8.45. The third-order valence-electron chi connectivity index (χ3n) is 5.04. The molecule has 0 bridgehead atoms. The first-order chi connectivity index (χ1) is 11.1. The van der Waals surface area contributed by atoms with E-state index in [2.05, 4.69) is 12.2 Å². The van der Waals surface area contributed by atoms with Crippen LogP contribution in [0.3, 0.4) is 0 Å². The van der Waals surface area contributed by atoms with Crippen LogP contribution >= 0.6 is 0 Å². The van der Waals surface area contributed by atoms with E-state index in [1.807, 2.05) is 30.3 Å². The normalized spacial score (nSPS) is 27.3. The summed E-state index contributed by atoms with van der Waals surface area (Å²) in [5.41, 5.74) is -0.657. The van der Waals surface area contributed by atoms with Gasteiger partial charge in [0.05, 0.1) is 6.61 Å². The van der Waals surface area contributed by atoms with E-state index in [9.17, 15) is 9.59 Å². The largest absolute Gasteiger partial charge is 0.494 e. The Morgan fingerprint density at radius 1 is 1.26 bits per heavy atom. The predicted molar refractivity (Wildman–Crippen MR) is 87.2 cm³/mol. The summed E-state index contributed by atoms with van der Waals surface area (Å²) in [5.74, 6) is 0.967. The fraction of sp³-hybridized carbons (Fsp3) is 0.556. The first-order valence-electron chi connectivity index (χ1n) is 8.45. The number of urea groups is 1. The Morgan fingerprint density at radius 3 is 2.78 bits per heavy atom. The van der Waals surface area contributed by atoms with Crippen molar-refractivity contribution in [1.29, 1.82) is 0 Å². The van der Waals surface area contributed by atoms with E-state index in [0.29, 0.717) is 19.6 Å². The summed E-state index contributed by atoms with van der Waals surface area (Å²) in [4.78, 5) is 26.4. The Morgan fingerprint density at radius 2 is 2.04 bits per heavy atom. The van der Waals surface area contributed by atoms with Crippen molar-refractivity contribution in [1.82, 2.24) is 10.2 Å². The van der Waals surface area contributed by atoms with E-state index in [1.165, 1.54) is 4.90 Å². The van der Waals surface area contributed by atoms with E-state index < -0.39 is 5.54 Å². The summed E-state index contributed by atoms with van der Waals surface area (Å²) in [6.45, 7) is 2.97. The molecule has 1 N–H and O–H groups in total. The number of benzene rings is 1. The van der Waals surface area contributed by atoms with Crippen molar-refractivity contribution >= 4 is 11.9 Å². The summed E-state index contributed by atoms with van der Waals surface area (Å²) in [6.07, 6.45) is 4.53. The Balaban J connectivity index is 1.54. The molecular weight excluding hydrogens is 292 g/mol. The number of nitrogens with zero attached hydrogens (tertiary/aromatic N) is 1. The third-order valence-corrected chi connectivity index (χ3v) is 5.04. The van der Waals surface area contributed by atoms with Gasteiger partial charge in [-0.15, -0.1) is 0 Å². The zero-order valence-corrected chi connectivity index (χ0v) is 13.6. The number of hydrogen-bond donors (Lipinski definition) is 1. The molecule has 2 fully saturated rings. The molecule has 3 rings (SSSR count). The van der Waals surface area contributed by atoms with Crippen molar-refractivity contribution in [2.75, 3.05) is 13.2 Å². The summed E-state index contributed by atoms with van der Waals surface area (Å²) in [7, 11) is 0. The van der Waals surface area contributed by atoms with Gasteiger partial charge in [0.2, 0.25) is 0 Å². The lowest BCUT2D eigenvalue weighted by atomic mass is 9.73. The van der Waals surface area contributed by atoms with Crippen LogP contribution in [-0.4, -0.2) is 35.5 Å². The summed E-state index contributed by atoms with van der Waals surface area (Å²) in [6, 6.07) is 9.31. The lowest BCUT2D eigenvalue weighted by Gasteiger charge is -2.36. The number of para-hydroxylation sites is 1. The molecule has 1 saturated heterocycles. The molecule has 124 valence electrons. The van der Waals surface area contributed by atoms with Crippen LogP contribution in [0, 0.1) is 5.92 Å². The Labute approximate surface area is 137 Å². The SMILES string of the molecule is C[C@H]1CCCC[C@]12NC(=O)N(CCCOc1ccccc1)C2=O. The Bertz CT molecular complexity index is 575. The van der Waals surface area contributed by atoms with Crippen molar-refractivity contribution in [3.8, 4) is 5.75 Å². The van der Waals surface area contributed by atoms with E-state index >= 15 is 0 Å². The zero-order valence-electron chi connectivity index (χ0n) is 13.6. The highest BCUT2D eigenvalue weighted by molar-refractivity contribution is 6.07. The maximum absolute atomic E-state index is 12.8. The number of amides is 3. The standard InChI is InChI=1S/C18H24N2O3/c1-14-8-5-6-11-18(14)16(21)20(17(22)19-18)12-7-13-23-15-9-3-2-4-10-15/h2-4,9-10,14H,5-8,11-13H2,1H3,(H,19,22)/t14-,18-/m0/s1. The number of hydrogen-bond acceptors (Lipinski definition) is 3. The van der Waals surface area contributed by atoms with Crippen molar-refractivity contribution in [2.45, 2.75) is 44.6 Å². The molecule has 0 radical (unpaired) electrons. The molecule has 1 saturated carbocycles. The van der Waals surface area contributed by atoms with Gasteiger partial charge in [-0.25, -0.2) is 4.79 Å². The molecule has 0 unspecified atom stereocenters. The quantitative estimate of drug-likeness (QED) is 0.671. The van der Waals surface area contributed by atoms with Gasteiger partial charge in [0.15, 0.2) is 0 Å². The van der Waals surface area contributed by atoms with Crippen molar-refractivity contribution in [3.63, 3.8) is 0 Å². The van der Waals surface area contributed by atoms with Crippen LogP contribution in [0.2, 0.25) is 0 Å². The number of ether oxygens (including phenoxy) is 1. The van der Waals surface area contributed by atoms with E-state index in [-0.39, 0.29) is 17.9 Å². The lowest BCUT2D eigenvalue weighted by Crippen LogP contribution is -2.53. The average molecular weight is 316 g/mol. The van der Waals surface area contributed by atoms with Crippen LogP contribution < -0.4 is 10.1 Å². The van der Waals surface area contributed by atoms with Gasteiger partial charge in [0, 0.05) is 6.54 Å². The monoisotopic (exact) mass is 316 g/mol. The number of carbonyl (C=O) groups excluding carboxylic acids is 2. The molecule has 2 aliphatic rings. The number of nitrogens with one attached hydrogen (secondary N) is 1. The molecule has 5 heteroatoms. The van der Waals surface area contributed by atoms with Gasteiger partial charge in [-0.3, -0.25) is 9.69 Å². The summed E-state index contributed by atoms with van der Waals surface area (Å²) in [5, 5.41) is 2.97. The van der Waals surface area contributed by atoms with Gasteiger partial charge in [-0.05, 0) is 37.3 Å². The fourth-order valence-corrected chi connectivity index (χ4v) is 3.63. The van der Waals surface area contributed by atoms with Gasteiger partial charge in [-0.2, -0.15) is 0 Å². The molecule has 1 heterocycles. The number of carbonyl (C=O) groups is 2. The smallest absolute Gasteiger partial charge is 0.325 e. The Kier molecular flexibility index (Phi) is 4.55. The summed E-state index contributed by atoms with van der Waals surface area (Å²) < 4.78 is 5.62. The third kappa shape index (κ3) is 3.05. The van der Waals surface area contributed by atoms with E-state index in [0.717, 1.165) is 31.4 Å². The Hall–Kier alpha value is -2.04. The number of imide groups is 1. The minimum absolute atomic E-state index is 0.0468. The van der Waals surface area contributed by atoms with Crippen LogP contribution in [0.4, 0.5) is 4.79 Å². The summed E-state index contributed by atoms with van der Waals surface area (Å²) >= 11 is 0. The minimum atomic E-state index is -0.657. The molecule has 1 spiro atoms. The van der Waals surface area contributed by atoms with Gasteiger partial charge in [0.1, 0.15) is 11.3 Å². The molecule has 1 aromatic carbocycles. The second kappa shape index (κ2) is 6.60. The maximum Gasteiger partial charge on any atom is 0.325 e. The van der Waals surface area contributed by atoms with Crippen molar-refractivity contribution in [3.05, 3.63) is 30.3 Å². The highest BCUT2D eigenvalue weighted by atomic mass is 16.5. The van der Waals surface area contributed by atoms with Crippen LogP contribution in [0.5, 0.6) is 5.75 Å². The molecule has 5 nitrogen and oxygen atoms in total. The molecule has 2 atom stereocenters. The van der Waals surface area contributed by atoms with E-state index in [4.69, 9.17) is 4.74 Å². The molecular formula is C18H24N2O3. The van der Waals surface area contributed by atoms with Crippen molar-refractivity contribution in [2.24, 2.45) is 5.92 Å². The fourth-order valence-electron chi connectivity index (χ4n) is 3.63. The van der Waals surface area contributed by atoms with Gasteiger partial charge < -0.3 is 10.1 Å². The number of rotatable bonds is 5. The van der Waals surface area contributed by atoms with Crippen LogP contribution in [0.1, 0.15) is 39.0 Å². The predicted octanol–water partition coefficient (Wildman–Crippen LogP) is 2.96. The highest BCUT2D eigenvalue weighted by Crippen LogP contribution is 2.38. The van der Waals surface area contributed by atoms with Gasteiger partial charge in [-0.1, -0.05) is 38.0 Å². The van der Waals surface area contributed by atoms with Gasteiger partial charge >= 0.3 is 6.03 Å².